The van der Waals surface area contributed by atoms with Gasteiger partial charge in [-0.2, -0.15) is 0 Å². The molecule has 0 amide bonds. The van der Waals surface area contributed by atoms with Gasteiger partial charge in [0.1, 0.15) is 5.58 Å². The van der Waals surface area contributed by atoms with Crippen molar-refractivity contribution in [3.05, 3.63) is 57.5 Å². The van der Waals surface area contributed by atoms with E-state index in [4.69, 9.17) is 4.42 Å². The minimum absolute atomic E-state index is 0.0608. The average Bonchev–Trinajstić information content (AvgIpc) is 2.64. The molecule has 0 unspecified atom stereocenters. The number of hydrogen-bond acceptors (Lipinski definition) is 5. The highest BCUT2D eigenvalue weighted by molar-refractivity contribution is 5.77. The maximum Gasteiger partial charge on any atom is 0.197 e. The van der Waals surface area contributed by atoms with Crippen molar-refractivity contribution in [2.24, 2.45) is 0 Å². The second-order valence-electron chi connectivity index (χ2n) is 7.77. The fourth-order valence-electron chi connectivity index (χ4n) is 3.70. The van der Waals surface area contributed by atoms with E-state index in [0.29, 0.717) is 29.1 Å². The molecule has 1 fully saturated rings. The van der Waals surface area contributed by atoms with Crippen molar-refractivity contribution >= 4 is 11.0 Å². The number of fused-ring (bicyclic) bond motifs is 1. The Morgan fingerprint density at radius 1 is 1.33 bits per heavy atom. The van der Waals surface area contributed by atoms with Crippen molar-refractivity contribution in [1.29, 1.82) is 0 Å². The molecular formula is C22H30N2O3. The molecule has 1 N–H and O–H groups in total. The van der Waals surface area contributed by atoms with Crippen molar-refractivity contribution in [3.63, 3.8) is 0 Å². The molecule has 0 aliphatic carbocycles. The summed E-state index contributed by atoms with van der Waals surface area (Å²) < 4.78 is 5.70. The van der Waals surface area contributed by atoms with Crippen LogP contribution in [0, 0.1) is 6.92 Å². The normalized spacial score (nSPS) is 18.7. The summed E-state index contributed by atoms with van der Waals surface area (Å²) in [5.41, 5.74) is 3.77. The molecule has 1 aliphatic heterocycles. The van der Waals surface area contributed by atoms with Gasteiger partial charge in [-0.25, -0.2) is 0 Å². The van der Waals surface area contributed by atoms with Crippen LogP contribution >= 0.6 is 0 Å². The van der Waals surface area contributed by atoms with Gasteiger partial charge >= 0.3 is 0 Å². The minimum atomic E-state index is 0.0608. The van der Waals surface area contributed by atoms with Crippen LogP contribution in [-0.4, -0.2) is 53.7 Å². The van der Waals surface area contributed by atoms with Gasteiger partial charge in [-0.3, -0.25) is 14.6 Å². The van der Waals surface area contributed by atoms with Crippen molar-refractivity contribution in [3.8, 4) is 0 Å². The molecule has 5 nitrogen and oxygen atoms in total. The molecule has 1 aliphatic rings. The van der Waals surface area contributed by atoms with Gasteiger partial charge in [0.05, 0.1) is 11.6 Å². The van der Waals surface area contributed by atoms with Gasteiger partial charge in [0, 0.05) is 50.9 Å². The van der Waals surface area contributed by atoms with E-state index in [1.807, 2.05) is 25.1 Å². The number of hydrogen-bond donors (Lipinski definition) is 1. The highest BCUT2D eigenvalue weighted by Gasteiger charge is 2.26. The fraction of sp³-hybridized carbons (Fsp3) is 0.500. The molecule has 1 saturated heterocycles. The lowest BCUT2D eigenvalue weighted by Gasteiger charge is -2.41. The maximum atomic E-state index is 12.9. The van der Waals surface area contributed by atoms with E-state index >= 15 is 0 Å². The number of rotatable bonds is 6. The van der Waals surface area contributed by atoms with E-state index in [1.165, 1.54) is 5.57 Å². The lowest BCUT2D eigenvalue weighted by molar-refractivity contribution is 0.0633. The molecule has 5 heteroatoms. The first-order valence-electron chi connectivity index (χ1n) is 9.69. The van der Waals surface area contributed by atoms with Crippen LogP contribution in [0.25, 0.3) is 11.0 Å². The highest BCUT2D eigenvalue weighted by Crippen LogP contribution is 2.17. The molecule has 2 heterocycles. The molecule has 1 aromatic carbocycles. The number of aliphatic hydroxyl groups is 1. The van der Waals surface area contributed by atoms with Gasteiger partial charge in [-0.1, -0.05) is 23.3 Å². The van der Waals surface area contributed by atoms with Crippen LogP contribution in [0.2, 0.25) is 0 Å². The van der Waals surface area contributed by atoms with Crippen molar-refractivity contribution in [2.75, 3.05) is 32.8 Å². The Balaban J connectivity index is 1.74. The summed E-state index contributed by atoms with van der Waals surface area (Å²) in [6.07, 6.45) is 4.59. The predicted molar refractivity (Wildman–Crippen MR) is 109 cm³/mol. The monoisotopic (exact) mass is 370 g/mol. The van der Waals surface area contributed by atoms with Crippen LogP contribution < -0.4 is 5.43 Å². The Hall–Kier alpha value is -1.95. The number of nitrogens with zero attached hydrogens (tertiary/aromatic N) is 2. The smallest absolute Gasteiger partial charge is 0.197 e. The van der Waals surface area contributed by atoms with Crippen LogP contribution in [-0.2, 0) is 6.54 Å². The molecule has 146 valence electrons. The molecule has 2 aromatic rings. The van der Waals surface area contributed by atoms with Crippen LogP contribution in [0.4, 0.5) is 0 Å². The summed E-state index contributed by atoms with van der Waals surface area (Å²) in [6, 6.07) is 6.01. The van der Waals surface area contributed by atoms with Crippen molar-refractivity contribution in [1.82, 2.24) is 9.80 Å². The summed E-state index contributed by atoms with van der Waals surface area (Å²) in [5, 5.41) is 10.1. The first-order chi connectivity index (χ1) is 13.0. The third-order valence-electron chi connectivity index (χ3n) is 5.28. The lowest BCUT2D eigenvalue weighted by atomic mass is 10.1. The first-order valence-corrected chi connectivity index (χ1v) is 9.69. The standard InChI is InChI=1S/C22H30N2O3/c1-16(2)6-8-24-10-9-23(14-19(24)7-11-25)13-18-15-27-21-5-4-17(3)12-20(21)22(18)26/h4-6,12,15,19,25H,7-11,13-14H2,1-3H3/t19-/m1/s1. The number of benzene rings is 1. The molecule has 1 atom stereocenters. The quantitative estimate of drug-likeness (QED) is 0.793. The van der Waals surface area contributed by atoms with Gasteiger partial charge in [-0.05, 0) is 39.3 Å². The number of aliphatic hydroxyl groups excluding tert-OH is 1. The summed E-state index contributed by atoms with van der Waals surface area (Å²) in [7, 11) is 0. The van der Waals surface area contributed by atoms with E-state index in [-0.39, 0.29) is 12.0 Å². The van der Waals surface area contributed by atoms with Crippen LogP contribution in [0.1, 0.15) is 31.4 Å². The van der Waals surface area contributed by atoms with E-state index < -0.39 is 0 Å². The molecular weight excluding hydrogens is 340 g/mol. The third kappa shape index (κ3) is 4.86. The Bertz CT molecular complexity index is 867. The molecule has 0 radical (unpaired) electrons. The second-order valence-corrected chi connectivity index (χ2v) is 7.77. The molecule has 0 saturated carbocycles. The zero-order valence-electron chi connectivity index (χ0n) is 16.6. The van der Waals surface area contributed by atoms with Gasteiger partial charge in [0.2, 0.25) is 0 Å². The molecule has 1 aromatic heterocycles. The number of allylic oxidation sites excluding steroid dienone is 1. The molecule has 27 heavy (non-hydrogen) atoms. The maximum absolute atomic E-state index is 12.9. The Kier molecular flexibility index (Phi) is 6.47. The summed E-state index contributed by atoms with van der Waals surface area (Å²) >= 11 is 0. The minimum Gasteiger partial charge on any atom is -0.464 e. The van der Waals surface area contributed by atoms with Crippen molar-refractivity contribution < 1.29 is 9.52 Å². The molecule has 0 spiro atoms. The van der Waals surface area contributed by atoms with Crippen molar-refractivity contribution in [2.45, 2.75) is 39.8 Å². The van der Waals surface area contributed by atoms with Gasteiger partial charge in [0.25, 0.3) is 0 Å². The second kappa shape index (κ2) is 8.83. The number of aryl methyl sites for hydroxylation is 1. The van der Waals surface area contributed by atoms with E-state index in [1.54, 1.807) is 6.26 Å². The van der Waals surface area contributed by atoms with Crippen LogP contribution in [0.5, 0.6) is 0 Å². The van der Waals surface area contributed by atoms with Gasteiger partial charge < -0.3 is 9.52 Å². The van der Waals surface area contributed by atoms with E-state index in [0.717, 1.165) is 38.2 Å². The van der Waals surface area contributed by atoms with E-state index in [2.05, 4.69) is 29.7 Å². The number of piperazine rings is 1. The summed E-state index contributed by atoms with van der Waals surface area (Å²) in [4.78, 5) is 17.6. The van der Waals surface area contributed by atoms with Gasteiger partial charge in [0.15, 0.2) is 5.43 Å². The average molecular weight is 370 g/mol. The summed E-state index contributed by atoms with van der Waals surface area (Å²) in [5.74, 6) is 0. The summed E-state index contributed by atoms with van der Waals surface area (Å²) in [6.45, 7) is 10.6. The zero-order chi connectivity index (χ0) is 19.4. The lowest BCUT2D eigenvalue weighted by Crippen LogP contribution is -2.53. The Morgan fingerprint density at radius 2 is 2.15 bits per heavy atom. The SMILES string of the molecule is CC(C)=CCN1CCN(Cc2coc3ccc(C)cc3c2=O)C[C@H]1CCO. The van der Waals surface area contributed by atoms with Gasteiger partial charge in [-0.15, -0.1) is 0 Å². The topological polar surface area (TPSA) is 56.9 Å². The van der Waals surface area contributed by atoms with E-state index in [9.17, 15) is 9.90 Å². The Labute approximate surface area is 160 Å². The predicted octanol–water partition coefficient (Wildman–Crippen LogP) is 2.94. The van der Waals surface area contributed by atoms with Crippen LogP contribution in [0.3, 0.4) is 0 Å². The largest absolute Gasteiger partial charge is 0.464 e. The first kappa shape index (κ1) is 19.8. The molecule has 3 rings (SSSR count). The fourth-order valence-corrected chi connectivity index (χ4v) is 3.70. The van der Waals surface area contributed by atoms with Crippen LogP contribution in [0.15, 0.2) is 45.3 Å². The third-order valence-corrected chi connectivity index (χ3v) is 5.28. The molecule has 0 bridgehead atoms. The zero-order valence-corrected chi connectivity index (χ0v) is 16.6. The highest BCUT2D eigenvalue weighted by atomic mass is 16.3. The Morgan fingerprint density at radius 3 is 2.89 bits per heavy atom.